The summed E-state index contributed by atoms with van der Waals surface area (Å²) in [5.41, 5.74) is 1.52. The first-order valence-electron chi connectivity index (χ1n) is 11.6. The van der Waals surface area contributed by atoms with Crippen LogP contribution in [0.15, 0.2) is 30.5 Å². The molecule has 2 amide bonds. The summed E-state index contributed by atoms with van der Waals surface area (Å²) in [5, 5.41) is 0.997. The van der Waals surface area contributed by atoms with Crippen molar-refractivity contribution in [3.05, 3.63) is 36.0 Å². The SMILES string of the molecule is COCCN1C(=O)[C@H]2CN(C)CCN2C12CCN(C(=O)c1cn(C)c3ccccc13)CC2. The van der Waals surface area contributed by atoms with E-state index in [4.69, 9.17) is 4.74 Å². The maximum absolute atomic E-state index is 13.5. The van der Waals surface area contributed by atoms with E-state index in [1.165, 1.54) is 0 Å². The van der Waals surface area contributed by atoms with Crippen LogP contribution in [0.25, 0.3) is 10.9 Å². The van der Waals surface area contributed by atoms with Crippen molar-refractivity contribution in [1.29, 1.82) is 0 Å². The molecule has 4 heterocycles. The molecule has 1 atom stereocenters. The van der Waals surface area contributed by atoms with Crippen molar-refractivity contribution in [2.24, 2.45) is 7.05 Å². The molecule has 3 aliphatic heterocycles. The van der Waals surface area contributed by atoms with Crippen LogP contribution in [-0.2, 0) is 16.6 Å². The van der Waals surface area contributed by atoms with Gasteiger partial charge in [0.15, 0.2) is 0 Å². The van der Waals surface area contributed by atoms with Gasteiger partial charge in [0.25, 0.3) is 5.91 Å². The topological polar surface area (TPSA) is 61.3 Å². The summed E-state index contributed by atoms with van der Waals surface area (Å²) in [5.74, 6) is 0.293. The smallest absolute Gasteiger partial charge is 0.256 e. The Kier molecular flexibility index (Phi) is 5.47. The molecule has 8 nitrogen and oxygen atoms in total. The number of hydrogen-bond acceptors (Lipinski definition) is 5. The van der Waals surface area contributed by atoms with Crippen molar-refractivity contribution < 1.29 is 14.3 Å². The Hall–Kier alpha value is -2.42. The molecule has 0 aliphatic carbocycles. The highest BCUT2D eigenvalue weighted by Crippen LogP contribution is 2.41. The van der Waals surface area contributed by atoms with Crippen molar-refractivity contribution in [3.8, 4) is 0 Å². The quantitative estimate of drug-likeness (QED) is 0.717. The van der Waals surface area contributed by atoms with E-state index < -0.39 is 0 Å². The molecular formula is C24H33N5O3. The predicted octanol–water partition coefficient (Wildman–Crippen LogP) is 1.22. The second-order valence-corrected chi connectivity index (χ2v) is 9.40. The Labute approximate surface area is 189 Å². The Morgan fingerprint density at radius 3 is 2.62 bits per heavy atom. The highest BCUT2D eigenvalue weighted by Gasteiger charge is 2.58. The highest BCUT2D eigenvalue weighted by atomic mass is 16.5. The third kappa shape index (κ3) is 3.24. The number of aromatic nitrogens is 1. The normalized spacial score (nSPS) is 24.0. The summed E-state index contributed by atoms with van der Waals surface area (Å²) < 4.78 is 7.35. The van der Waals surface area contributed by atoms with Crippen LogP contribution in [0.5, 0.6) is 0 Å². The third-order valence-corrected chi connectivity index (χ3v) is 7.67. The van der Waals surface area contributed by atoms with Crippen LogP contribution in [0.3, 0.4) is 0 Å². The average Bonchev–Trinajstić information content (AvgIpc) is 3.25. The molecule has 0 N–H and O–H groups in total. The van der Waals surface area contributed by atoms with Gasteiger partial charge in [-0.15, -0.1) is 0 Å². The number of carbonyl (C=O) groups is 2. The van der Waals surface area contributed by atoms with Gasteiger partial charge in [-0.25, -0.2) is 0 Å². The summed E-state index contributed by atoms with van der Waals surface area (Å²) in [4.78, 5) is 35.5. The van der Waals surface area contributed by atoms with Gasteiger partial charge in [0.1, 0.15) is 11.7 Å². The summed E-state index contributed by atoms with van der Waals surface area (Å²) in [7, 11) is 5.75. The van der Waals surface area contributed by atoms with Gasteiger partial charge in [0.2, 0.25) is 5.91 Å². The van der Waals surface area contributed by atoms with E-state index in [1.807, 2.05) is 47.0 Å². The maximum Gasteiger partial charge on any atom is 0.256 e. The molecule has 0 radical (unpaired) electrons. The minimum absolute atomic E-state index is 0.0827. The molecule has 1 spiro atoms. The molecule has 1 aromatic carbocycles. The van der Waals surface area contributed by atoms with E-state index in [-0.39, 0.29) is 23.5 Å². The van der Waals surface area contributed by atoms with Crippen LogP contribution in [0.1, 0.15) is 23.2 Å². The highest BCUT2D eigenvalue weighted by molar-refractivity contribution is 6.07. The number of benzene rings is 1. The van der Waals surface area contributed by atoms with Gasteiger partial charge >= 0.3 is 0 Å². The van der Waals surface area contributed by atoms with E-state index >= 15 is 0 Å². The zero-order chi connectivity index (χ0) is 22.5. The fraction of sp³-hybridized carbons (Fsp3) is 0.583. The molecule has 2 aromatic rings. The number of amides is 2. The van der Waals surface area contributed by atoms with E-state index in [2.05, 4.69) is 21.7 Å². The standard InChI is InChI=1S/C24H33N5O3/c1-25-12-13-28-21(17-25)23(31)29(14-15-32-3)24(28)8-10-27(11-9-24)22(30)19-16-26(2)20-7-5-4-6-18(19)20/h4-7,16,21H,8-15,17H2,1-3H3/t21-/m1/s1. The number of piperazine rings is 1. The number of methoxy groups -OCH3 is 1. The van der Waals surface area contributed by atoms with Gasteiger partial charge in [-0.1, -0.05) is 18.2 Å². The van der Waals surface area contributed by atoms with Crippen LogP contribution >= 0.6 is 0 Å². The van der Waals surface area contributed by atoms with E-state index in [0.29, 0.717) is 26.2 Å². The van der Waals surface area contributed by atoms with Gasteiger partial charge in [0.05, 0.1) is 12.2 Å². The summed E-state index contributed by atoms with van der Waals surface area (Å²) >= 11 is 0. The number of rotatable bonds is 4. The summed E-state index contributed by atoms with van der Waals surface area (Å²) in [6.45, 7) is 5.04. The lowest BCUT2D eigenvalue weighted by molar-refractivity contribution is -0.134. The molecule has 0 bridgehead atoms. The first kappa shape index (κ1) is 21.4. The molecule has 5 rings (SSSR count). The maximum atomic E-state index is 13.5. The minimum atomic E-state index is -0.308. The van der Waals surface area contributed by atoms with Crippen molar-refractivity contribution in [1.82, 2.24) is 24.2 Å². The molecule has 3 aliphatic rings. The zero-order valence-corrected chi connectivity index (χ0v) is 19.3. The van der Waals surface area contributed by atoms with Crippen LogP contribution in [0.2, 0.25) is 0 Å². The summed E-state index contributed by atoms with van der Waals surface area (Å²) in [6, 6.07) is 7.95. The van der Waals surface area contributed by atoms with Crippen molar-refractivity contribution in [2.75, 3.05) is 60.0 Å². The molecule has 1 aromatic heterocycles. The molecule has 0 saturated carbocycles. The first-order valence-corrected chi connectivity index (χ1v) is 11.6. The number of carbonyl (C=O) groups excluding carboxylic acids is 2. The van der Waals surface area contributed by atoms with E-state index in [9.17, 15) is 9.59 Å². The Morgan fingerprint density at radius 1 is 1.12 bits per heavy atom. The minimum Gasteiger partial charge on any atom is -0.383 e. The fourth-order valence-corrected chi connectivity index (χ4v) is 5.98. The summed E-state index contributed by atoms with van der Waals surface area (Å²) in [6.07, 6.45) is 3.50. The fourth-order valence-electron chi connectivity index (χ4n) is 5.98. The van der Waals surface area contributed by atoms with Gasteiger partial charge in [-0.3, -0.25) is 14.5 Å². The predicted molar refractivity (Wildman–Crippen MR) is 122 cm³/mol. The molecule has 3 fully saturated rings. The van der Waals surface area contributed by atoms with E-state index in [1.54, 1.807) is 7.11 Å². The lowest BCUT2D eigenvalue weighted by Gasteiger charge is -2.50. The molecule has 3 saturated heterocycles. The number of ether oxygens (including phenoxy) is 1. The monoisotopic (exact) mass is 439 g/mol. The second kappa shape index (κ2) is 8.17. The van der Waals surface area contributed by atoms with Crippen molar-refractivity contribution in [3.63, 3.8) is 0 Å². The number of likely N-dealkylation sites (tertiary alicyclic amines) is 1. The van der Waals surface area contributed by atoms with Crippen molar-refractivity contribution in [2.45, 2.75) is 24.5 Å². The van der Waals surface area contributed by atoms with E-state index in [0.717, 1.165) is 48.9 Å². The lowest BCUT2D eigenvalue weighted by Crippen LogP contribution is -2.63. The number of para-hydroxylation sites is 1. The Balaban J connectivity index is 1.39. The van der Waals surface area contributed by atoms with Gasteiger partial charge in [-0.05, 0) is 13.1 Å². The van der Waals surface area contributed by atoms with Crippen LogP contribution in [0.4, 0.5) is 0 Å². The van der Waals surface area contributed by atoms with Gasteiger partial charge in [-0.2, -0.15) is 0 Å². The Morgan fingerprint density at radius 2 is 1.88 bits per heavy atom. The molecule has 172 valence electrons. The molecule has 8 heteroatoms. The van der Waals surface area contributed by atoms with Gasteiger partial charge in [0, 0.05) is 83.4 Å². The average molecular weight is 440 g/mol. The third-order valence-electron chi connectivity index (χ3n) is 7.67. The van der Waals surface area contributed by atoms with Crippen molar-refractivity contribution >= 4 is 22.7 Å². The molecule has 0 unspecified atom stereocenters. The number of fused-ring (bicyclic) bond motifs is 3. The molecular weight excluding hydrogens is 406 g/mol. The molecule has 32 heavy (non-hydrogen) atoms. The number of nitrogens with zero attached hydrogens (tertiary/aromatic N) is 5. The van der Waals surface area contributed by atoms with Gasteiger partial charge < -0.3 is 24.0 Å². The van der Waals surface area contributed by atoms with Crippen LogP contribution in [0, 0.1) is 0 Å². The largest absolute Gasteiger partial charge is 0.383 e. The number of piperidine rings is 1. The zero-order valence-electron chi connectivity index (χ0n) is 19.3. The van der Waals surface area contributed by atoms with Crippen LogP contribution in [-0.4, -0.2) is 108 Å². The first-order chi connectivity index (χ1) is 15.5. The lowest BCUT2D eigenvalue weighted by atomic mass is 9.93. The second-order valence-electron chi connectivity index (χ2n) is 9.40. The number of hydrogen-bond donors (Lipinski definition) is 0. The Bertz CT molecular complexity index is 1030. The van der Waals surface area contributed by atoms with Crippen LogP contribution < -0.4 is 0 Å². The number of likely N-dealkylation sites (N-methyl/N-ethyl adjacent to an activating group) is 1. The number of aryl methyl sites for hydroxylation is 1.